The number of hydrogen-bond donors (Lipinski definition) is 3. The molecular formula is C53H103NO3. The van der Waals surface area contributed by atoms with Crippen LogP contribution >= 0.6 is 0 Å². The Labute approximate surface area is 358 Å². The van der Waals surface area contributed by atoms with Gasteiger partial charge in [-0.1, -0.05) is 263 Å². The van der Waals surface area contributed by atoms with Gasteiger partial charge in [-0.05, 0) is 44.9 Å². The van der Waals surface area contributed by atoms with Crippen LogP contribution in [0.15, 0.2) is 24.3 Å². The first-order valence-electron chi connectivity index (χ1n) is 26.0. The van der Waals surface area contributed by atoms with Crippen molar-refractivity contribution in [2.75, 3.05) is 6.61 Å². The summed E-state index contributed by atoms with van der Waals surface area (Å²) >= 11 is 0. The van der Waals surface area contributed by atoms with Crippen molar-refractivity contribution in [2.45, 2.75) is 302 Å². The van der Waals surface area contributed by atoms with Crippen molar-refractivity contribution >= 4 is 5.91 Å². The van der Waals surface area contributed by atoms with E-state index in [9.17, 15) is 15.0 Å². The Morgan fingerprint density at radius 2 is 0.719 bits per heavy atom. The van der Waals surface area contributed by atoms with Gasteiger partial charge in [0.25, 0.3) is 0 Å². The standard InChI is InChI=1S/C53H103NO3/c1-3-5-7-9-11-13-15-17-19-21-23-25-27-29-31-33-35-37-39-41-43-45-47-49-53(57)54-51(50-55)52(56)48-46-44-42-40-38-36-34-32-30-28-26-24-22-20-18-16-14-12-10-8-6-4-2/h23,25,29,31,51-52,55-56H,3-22,24,26-28,30,32-50H2,1-2H3,(H,54,57)/b25-23-,31-29-. The van der Waals surface area contributed by atoms with Crippen LogP contribution in [0.1, 0.15) is 290 Å². The Kier molecular flexibility index (Phi) is 48.3. The van der Waals surface area contributed by atoms with E-state index in [4.69, 9.17) is 0 Å². The van der Waals surface area contributed by atoms with E-state index in [-0.39, 0.29) is 12.5 Å². The van der Waals surface area contributed by atoms with Gasteiger partial charge < -0.3 is 15.5 Å². The molecule has 0 fully saturated rings. The normalized spacial score (nSPS) is 13.0. The predicted octanol–water partition coefficient (Wildman–Crippen LogP) is 16.8. The van der Waals surface area contributed by atoms with Crippen LogP contribution in [-0.4, -0.2) is 34.9 Å². The zero-order chi connectivity index (χ0) is 41.4. The number of amides is 1. The fraction of sp³-hybridized carbons (Fsp3) is 0.906. The number of aliphatic hydroxyl groups is 2. The van der Waals surface area contributed by atoms with Gasteiger partial charge in [-0.25, -0.2) is 0 Å². The second-order valence-electron chi connectivity index (χ2n) is 17.9. The van der Waals surface area contributed by atoms with Gasteiger partial charge in [-0.2, -0.15) is 0 Å². The van der Waals surface area contributed by atoms with Gasteiger partial charge in [0.15, 0.2) is 0 Å². The molecule has 0 aliphatic rings. The van der Waals surface area contributed by atoms with E-state index in [2.05, 4.69) is 43.5 Å². The number of rotatable bonds is 48. The topological polar surface area (TPSA) is 69.6 Å². The Morgan fingerprint density at radius 1 is 0.421 bits per heavy atom. The van der Waals surface area contributed by atoms with E-state index in [1.807, 2.05) is 0 Å². The fourth-order valence-electron chi connectivity index (χ4n) is 8.22. The van der Waals surface area contributed by atoms with Crippen molar-refractivity contribution < 1.29 is 15.0 Å². The van der Waals surface area contributed by atoms with Crippen LogP contribution in [-0.2, 0) is 4.79 Å². The van der Waals surface area contributed by atoms with Crippen LogP contribution in [0.4, 0.5) is 0 Å². The fourth-order valence-corrected chi connectivity index (χ4v) is 8.22. The first-order valence-corrected chi connectivity index (χ1v) is 26.0. The third-order valence-electron chi connectivity index (χ3n) is 12.2. The molecule has 4 nitrogen and oxygen atoms in total. The summed E-state index contributed by atoms with van der Waals surface area (Å²) < 4.78 is 0. The van der Waals surface area contributed by atoms with Gasteiger partial charge in [-0.3, -0.25) is 4.79 Å². The van der Waals surface area contributed by atoms with Crippen molar-refractivity contribution in [1.29, 1.82) is 0 Å². The lowest BCUT2D eigenvalue weighted by Gasteiger charge is -2.22. The molecule has 0 heterocycles. The smallest absolute Gasteiger partial charge is 0.220 e. The molecule has 1 amide bonds. The summed E-state index contributed by atoms with van der Waals surface area (Å²) in [5.41, 5.74) is 0. The number of carbonyl (C=O) groups excluding carboxylic acids is 1. The number of unbranched alkanes of at least 4 members (excludes halogenated alkanes) is 37. The number of carbonyl (C=O) groups is 1. The minimum atomic E-state index is -0.662. The molecule has 0 aromatic heterocycles. The highest BCUT2D eigenvalue weighted by atomic mass is 16.3. The van der Waals surface area contributed by atoms with Gasteiger partial charge in [-0.15, -0.1) is 0 Å². The predicted molar refractivity (Wildman–Crippen MR) is 253 cm³/mol. The minimum Gasteiger partial charge on any atom is -0.394 e. The van der Waals surface area contributed by atoms with Crippen LogP contribution in [0, 0.1) is 0 Å². The maximum absolute atomic E-state index is 12.5. The van der Waals surface area contributed by atoms with E-state index in [0.29, 0.717) is 12.8 Å². The first-order chi connectivity index (χ1) is 28.2. The van der Waals surface area contributed by atoms with Gasteiger partial charge in [0.2, 0.25) is 5.91 Å². The van der Waals surface area contributed by atoms with Crippen molar-refractivity contribution in [2.24, 2.45) is 0 Å². The number of aliphatic hydroxyl groups excluding tert-OH is 2. The molecule has 0 saturated heterocycles. The monoisotopic (exact) mass is 802 g/mol. The Bertz CT molecular complexity index is 825. The summed E-state index contributed by atoms with van der Waals surface area (Å²) in [4.78, 5) is 12.5. The van der Waals surface area contributed by atoms with E-state index in [1.54, 1.807) is 0 Å². The highest BCUT2D eigenvalue weighted by Crippen LogP contribution is 2.17. The summed E-state index contributed by atoms with van der Waals surface area (Å²) in [6.07, 6.45) is 64.3. The first kappa shape index (κ1) is 55.9. The van der Waals surface area contributed by atoms with Gasteiger partial charge in [0, 0.05) is 6.42 Å². The van der Waals surface area contributed by atoms with Crippen molar-refractivity contribution in [3.05, 3.63) is 24.3 Å². The maximum Gasteiger partial charge on any atom is 0.220 e. The Morgan fingerprint density at radius 3 is 1.05 bits per heavy atom. The molecule has 0 rings (SSSR count). The zero-order valence-corrected chi connectivity index (χ0v) is 38.9. The highest BCUT2D eigenvalue weighted by molar-refractivity contribution is 5.76. The summed E-state index contributed by atoms with van der Waals surface area (Å²) in [6, 6.07) is -0.540. The van der Waals surface area contributed by atoms with Crippen LogP contribution in [0.25, 0.3) is 0 Å². The second kappa shape index (κ2) is 49.2. The van der Waals surface area contributed by atoms with Gasteiger partial charge >= 0.3 is 0 Å². The van der Waals surface area contributed by atoms with Gasteiger partial charge in [0.1, 0.15) is 0 Å². The zero-order valence-electron chi connectivity index (χ0n) is 38.9. The molecular weight excluding hydrogens is 699 g/mol. The van der Waals surface area contributed by atoms with Crippen LogP contribution < -0.4 is 5.32 Å². The van der Waals surface area contributed by atoms with Crippen molar-refractivity contribution in [1.82, 2.24) is 5.32 Å². The van der Waals surface area contributed by atoms with Crippen LogP contribution in [0.2, 0.25) is 0 Å². The molecule has 0 bridgehead atoms. The van der Waals surface area contributed by atoms with E-state index in [0.717, 1.165) is 32.1 Å². The summed E-state index contributed by atoms with van der Waals surface area (Å²) in [6.45, 7) is 4.38. The van der Waals surface area contributed by atoms with E-state index in [1.165, 1.54) is 231 Å². The molecule has 0 spiro atoms. The third kappa shape index (κ3) is 45.8. The molecule has 4 heteroatoms. The largest absolute Gasteiger partial charge is 0.394 e. The molecule has 338 valence electrons. The average Bonchev–Trinajstić information content (AvgIpc) is 3.22. The molecule has 0 radical (unpaired) electrons. The third-order valence-corrected chi connectivity index (χ3v) is 12.2. The summed E-state index contributed by atoms with van der Waals surface area (Å²) in [7, 11) is 0. The highest BCUT2D eigenvalue weighted by Gasteiger charge is 2.20. The van der Waals surface area contributed by atoms with Crippen molar-refractivity contribution in [3.63, 3.8) is 0 Å². The molecule has 0 aliphatic carbocycles. The number of allylic oxidation sites excluding steroid dienone is 4. The molecule has 0 saturated carbocycles. The SMILES string of the molecule is CCCCCCCCCCC/C=C\C/C=C\CCCCCCCCCC(=O)NC(CO)C(O)CCCCCCCCCCCCCCCCCCCCCCCC. The molecule has 0 aromatic carbocycles. The number of nitrogens with one attached hydrogen (secondary N) is 1. The summed E-state index contributed by atoms with van der Waals surface area (Å²) in [5.74, 6) is -0.0349. The molecule has 0 aliphatic heterocycles. The molecule has 3 N–H and O–H groups in total. The van der Waals surface area contributed by atoms with Crippen molar-refractivity contribution in [3.8, 4) is 0 Å². The molecule has 0 aromatic rings. The van der Waals surface area contributed by atoms with E-state index < -0.39 is 12.1 Å². The lowest BCUT2D eigenvalue weighted by atomic mass is 10.0. The lowest BCUT2D eigenvalue weighted by Crippen LogP contribution is -2.45. The summed E-state index contributed by atoms with van der Waals surface area (Å²) in [5, 5.41) is 23.3. The van der Waals surface area contributed by atoms with E-state index >= 15 is 0 Å². The lowest BCUT2D eigenvalue weighted by molar-refractivity contribution is -0.123. The molecule has 57 heavy (non-hydrogen) atoms. The minimum absolute atomic E-state index is 0.0349. The Hall–Kier alpha value is -1.13. The average molecular weight is 802 g/mol. The van der Waals surface area contributed by atoms with Crippen LogP contribution in [0.5, 0.6) is 0 Å². The molecule has 2 atom stereocenters. The second-order valence-corrected chi connectivity index (χ2v) is 17.9. The van der Waals surface area contributed by atoms with Crippen LogP contribution in [0.3, 0.4) is 0 Å². The quantitative estimate of drug-likeness (QED) is 0.0424. The molecule has 2 unspecified atom stereocenters. The van der Waals surface area contributed by atoms with Gasteiger partial charge in [0.05, 0.1) is 18.8 Å². The maximum atomic E-state index is 12.5. The number of hydrogen-bond acceptors (Lipinski definition) is 3. The Balaban J connectivity index is 3.49.